The van der Waals surface area contributed by atoms with Crippen LogP contribution in [-0.4, -0.2) is 54.4 Å². The molecule has 0 aromatic heterocycles. The van der Waals surface area contributed by atoms with Gasteiger partial charge in [0.25, 0.3) is 5.91 Å². The van der Waals surface area contributed by atoms with Crippen LogP contribution in [0.3, 0.4) is 0 Å². The number of piperazine rings is 1. The Morgan fingerprint density at radius 3 is 2.65 bits per heavy atom. The number of methoxy groups -OCH3 is 1. The first-order chi connectivity index (χ1) is 10.9. The highest BCUT2D eigenvalue weighted by Gasteiger charge is 2.30. The van der Waals surface area contributed by atoms with E-state index >= 15 is 0 Å². The van der Waals surface area contributed by atoms with Crippen LogP contribution in [0.15, 0.2) is 29.7 Å². The molecular weight excluding hydrogens is 312 g/mol. The smallest absolute Gasteiger partial charge is 0.257 e. The summed E-state index contributed by atoms with van der Waals surface area (Å²) in [5.41, 5.74) is 1.45. The first-order valence-corrected chi connectivity index (χ1v) is 7.93. The quantitative estimate of drug-likeness (QED) is 0.681. The van der Waals surface area contributed by atoms with E-state index in [1.165, 1.54) is 6.08 Å². The molecule has 124 valence electrons. The van der Waals surface area contributed by atoms with Crippen LogP contribution >= 0.6 is 12.6 Å². The number of hydrogen-bond donors (Lipinski definition) is 1. The molecule has 1 heterocycles. The van der Waals surface area contributed by atoms with Crippen molar-refractivity contribution in [1.29, 1.82) is 0 Å². The molecule has 0 bridgehead atoms. The van der Waals surface area contributed by atoms with Crippen molar-refractivity contribution in [1.82, 2.24) is 9.80 Å². The van der Waals surface area contributed by atoms with Crippen molar-refractivity contribution in [2.75, 3.05) is 26.7 Å². The van der Waals surface area contributed by atoms with Gasteiger partial charge in [0.2, 0.25) is 5.91 Å². The molecule has 1 saturated heterocycles. The van der Waals surface area contributed by atoms with Crippen LogP contribution in [-0.2, 0) is 4.79 Å². The Hall–Kier alpha value is -1.95. The Kier molecular flexibility index (Phi) is 5.36. The third-order valence-electron chi connectivity index (χ3n) is 4.12. The van der Waals surface area contributed by atoms with Gasteiger partial charge in [0, 0.05) is 30.6 Å². The van der Waals surface area contributed by atoms with Gasteiger partial charge in [-0.05, 0) is 37.6 Å². The molecule has 6 heteroatoms. The Balaban J connectivity index is 2.21. The van der Waals surface area contributed by atoms with Crippen LogP contribution in [0, 0.1) is 6.92 Å². The number of ether oxygens (including phenoxy) is 1. The Morgan fingerprint density at radius 1 is 1.39 bits per heavy atom. The van der Waals surface area contributed by atoms with E-state index < -0.39 is 0 Å². The molecule has 5 nitrogen and oxygen atoms in total. The summed E-state index contributed by atoms with van der Waals surface area (Å²) in [6, 6.07) is 3.51. The van der Waals surface area contributed by atoms with Gasteiger partial charge < -0.3 is 14.5 Å². The number of hydrogen-bond acceptors (Lipinski definition) is 4. The van der Waals surface area contributed by atoms with Crippen molar-refractivity contribution in [3.8, 4) is 5.75 Å². The van der Waals surface area contributed by atoms with Crippen LogP contribution in [0.25, 0.3) is 0 Å². The summed E-state index contributed by atoms with van der Waals surface area (Å²) in [4.78, 5) is 28.8. The molecule has 1 fully saturated rings. The molecular formula is C17H22N2O3S. The predicted molar refractivity (Wildman–Crippen MR) is 92.3 cm³/mol. The standard InChI is InChI=1S/C17H22N2O3S/c1-5-16(20)19-7-6-18(10-12(19)3)17(21)13-9-15(23)11(2)8-14(13)22-4/h5,8-9,12,23H,1,6-7,10H2,2-4H3. The second-order valence-electron chi connectivity index (χ2n) is 5.67. The lowest BCUT2D eigenvalue weighted by molar-refractivity contribution is -0.129. The number of amides is 2. The summed E-state index contributed by atoms with van der Waals surface area (Å²) in [5, 5.41) is 0. The van der Waals surface area contributed by atoms with E-state index in [1.807, 2.05) is 19.9 Å². The molecule has 23 heavy (non-hydrogen) atoms. The molecule has 1 aliphatic rings. The van der Waals surface area contributed by atoms with Crippen LogP contribution < -0.4 is 4.74 Å². The van der Waals surface area contributed by atoms with Gasteiger partial charge in [-0.15, -0.1) is 12.6 Å². The largest absolute Gasteiger partial charge is 0.496 e. The lowest BCUT2D eigenvalue weighted by Gasteiger charge is -2.39. The van der Waals surface area contributed by atoms with E-state index in [0.29, 0.717) is 30.9 Å². The van der Waals surface area contributed by atoms with Crippen molar-refractivity contribution >= 4 is 24.4 Å². The molecule has 0 aliphatic carbocycles. The van der Waals surface area contributed by atoms with E-state index in [4.69, 9.17) is 4.74 Å². The molecule has 2 rings (SSSR count). The van der Waals surface area contributed by atoms with Crippen molar-refractivity contribution in [2.45, 2.75) is 24.8 Å². The monoisotopic (exact) mass is 334 g/mol. The van der Waals surface area contributed by atoms with Gasteiger partial charge in [-0.3, -0.25) is 9.59 Å². The minimum Gasteiger partial charge on any atom is -0.496 e. The van der Waals surface area contributed by atoms with E-state index in [2.05, 4.69) is 19.2 Å². The number of thiol groups is 1. The summed E-state index contributed by atoms with van der Waals surface area (Å²) in [5.74, 6) is 0.340. The van der Waals surface area contributed by atoms with Gasteiger partial charge in [0.05, 0.1) is 12.7 Å². The third-order valence-corrected chi connectivity index (χ3v) is 4.60. The topological polar surface area (TPSA) is 49.9 Å². The molecule has 1 aliphatic heterocycles. The maximum atomic E-state index is 12.8. The molecule has 0 spiro atoms. The molecule has 2 amide bonds. The molecule has 1 aromatic carbocycles. The highest BCUT2D eigenvalue weighted by Crippen LogP contribution is 2.27. The van der Waals surface area contributed by atoms with Crippen LogP contribution in [0.1, 0.15) is 22.8 Å². The minimum atomic E-state index is -0.102. The maximum absolute atomic E-state index is 12.8. The molecule has 0 radical (unpaired) electrons. The third kappa shape index (κ3) is 3.52. The van der Waals surface area contributed by atoms with Gasteiger partial charge in [-0.25, -0.2) is 0 Å². The van der Waals surface area contributed by atoms with Gasteiger partial charge >= 0.3 is 0 Å². The predicted octanol–water partition coefficient (Wildman–Crippen LogP) is 2.15. The van der Waals surface area contributed by atoms with E-state index in [9.17, 15) is 9.59 Å². The van der Waals surface area contributed by atoms with Crippen molar-refractivity contribution in [3.05, 3.63) is 35.9 Å². The second kappa shape index (κ2) is 7.08. The number of aryl methyl sites for hydroxylation is 1. The zero-order chi connectivity index (χ0) is 17.1. The fraction of sp³-hybridized carbons (Fsp3) is 0.412. The molecule has 1 atom stereocenters. The van der Waals surface area contributed by atoms with Crippen molar-refractivity contribution < 1.29 is 14.3 Å². The van der Waals surface area contributed by atoms with E-state index in [0.717, 1.165) is 10.5 Å². The van der Waals surface area contributed by atoms with Crippen LogP contribution in [0.2, 0.25) is 0 Å². The summed E-state index contributed by atoms with van der Waals surface area (Å²) in [7, 11) is 1.55. The first kappa shape index (κ1) is 17.4. The molecule has 1 unspecified atom stereocenters. The van der Waals surface area contributed by atoms with Crippen LogP contribution in [0.5, 0.6) is 5.75 Å². The average molecular weight is 334 g/mol. The molecule has 0 saturated carbocycles. The highest BCUT2D eigenvalue weighted by molar-refractivity contribution is 7.80. The number of carbonyl (C=O) groups is 2. The Bertz CT molecular complexity index is 645. The lowest BCUT2D eigenvalue weighted by Crippen LogP contribution is -2.55. The van der Waals surface area contributed by atoms with Crippen molar-refractivity contribution in [3.63, 3.8) is 0 Å². The number of nitrogens with zero attached hydrogens (tertiary/aromatic N) is 2. The summed E-state index contributed by atoms with van der Waals surface area (Å²) < 4.78 is 5.34. The summed E-state index contributed by atoms with van der Waals surface area (Å²) >= 11 is 4.39. The normalized spacial score (nSPS) is 17.8. The van der Waals surface area contributed by atoms with Crippen molar-refractivity contribution in [2.24, 2.45) is 0 Å². The van der Waals surface area contributed by atoms with Gasteiger partial charge in [0.15, 0.2) is 0 Å². The summed E-state index contributed by atoms with van der Waals surface area (Å²) in [6.07, 6.45) is 1.31. The van der Waals surface area contributed by atoms with E-state index in [-0.39, 0.29) is 17.9 Å². The first-order valence-electron chi connectivity index (χ1n) is 7.49. The maximum Gasteiger partial charge on any atom is 0.257 e. The fourth-order valence-electron chi connectivity index (χ4n) is 2.76. The zero-order valence-corrected chi connectivity index (χ0v) is 14.6. The number of rotatable bonds is 3. The lowest BCUT2D eigenvalue weighted by atomic mass is 10.1. The fourth-order valence-corrected chi connectivity index (χ4v) is 2.96. The zero-order valence-electron chi connectivity index (χ0n) is 13.7. The molecule has 0 N–H and O–H groups in total. The van der Waals surface area contributed by atoms with E-state index in [1.54, 1.807) is 23.0 Å². The van der Waals surface area contributed by atoms with Gasteiger partial charge in [0.1, 0.15) is 5.75 Å². The second-order valence-corrected chi connectivity index (χ2v) is 6.16. The van der Waals surface area contributed by atoms with Crippen LogP contribution in [0.4, 0.5) is 0 Å². The Labute approximate surface area is 142 Å². The SMILES string of the molecule is C=CC(=O)N1CCN(C(=O)c2cc(S)c(C)cc2OC)CC1C. The Morgan fingerprint density at radius 2 is 2.09 bits per heavy atom. The number of benzene rings is 1. The number of carbonyl (C=O) groups excluding carboxylic acids is 2. The average Bonchev–Trinajstić information content (AvgIpc) is 2.55. The summed E-state index contributed by atoms with van der Waals surface area (Å²) in [6.45, 7) is 8.83. The van der Waals surface area contributed by atoms with Gasteiger partial charge in [-0.2, -0.15) is 0 Å². The minimum absolute atomic E-state index is 0.0508. The highest BCUT2D eigenvalue weighted by atomic mass is 32.1. The molecule has 1 aromatic rings. The van der Waals surface area contributed by atoms with Gasteiger partial charge in [-0.1, -0.05) is 6.58 Å².